The average Bonchev–Trinajstić information content (AvgIpc) is 3.28. The van der Waals surface area contributed by atoms with E-state index in [0.717, 1.165) is 12.8 Å². The molecule has 2 aromatic carbocycles. The number of likely N-dealkylation sites (tertiary alicyclic amines) is 1. The summed E-state index contributed by atoms with van der Waals surface area (Å²) in [6.07, 6.45) is 1.96. The third-order valence-electron chi connectivity index (χ3n) is 4.99. The van der Waals surface area contributed by atoms with Gasteiger partial charge < -0.3 is 20.4 Å². The van der Waals surface area contributed by atoms with Crippen molar-refractivity contribution in [2.75, 3.05) is 43.9 Å². The Morgan fingerprint density at radius 1 is 1.03 bits per heavy atom. The van der Waals surface area contributed by atoms with E-state index >= 15 is 0 Å². The van der Waals surface area contributed by atoms with Crippen LogP contribution in [0.15, 0.2) is 42.5 Å². The number of benzene rings is 2. The molecule has 0 saturated carbocycles. The molecule has 1 heterocycles. The van der Waals surface area contributed by atoms with E-state index in [1.807, 2.05) is 0 Å². The van der Waals surface area contributed by atoms with Crippen LogP contribution in [0.25, 0.3) is 0 Å². The first-order chi connectivity index (χ1) is 14.8. The summed E-state index contributed by atoms with van der Waals surface area (Å²) >= 11 is 12.1. The smallest absolute Gasteiger partial charge is 0.256 e. The molecule has 0 atom stereocenters. The van der Waals surface area contributed by atoms with Crippen molar-refractivity contribution >= 4 is 52.3 Å². The number of carbonyl (C=O) groups is 3. The number of rotatable bonds is 7. The average molecular weight is 463 g/mol. The van der Waals surface area contributed by atoms with Gasteiger partial charge in [0.1, 0.15) is 0 Å². The van der Waals surface area contributed by atoms with Crippen LogP contribution in [-0.4, -0.2) is 60.7 Å². The largest absolute Gasteiger partial charge is 0.376 e. The van der Waals surface area contributed by atoms with Crippen molar-refractivity contribution in [3.63, 3.8) is 0 Å². The Hall–Kier alpha value is -2.77. The zero-order chi connectivity index (χ0) is 22.4. The van der Waals surface area contributed by atoms with Crippen molar-refractivity contribution in [2.45, 2.75) is 12.8 Å². The standard InChI is InChI=1S/C22H24Cl2N4O3/c1-27(14-20(29)26-19-7-3-2-6-17(19)24)21(30)13-25-18-9-8-15(23)12-16(18)22(31)28-10-4-5-11-28/h2-3,6-9,12,25H,4-5,10-11,13-14H2,1H3,(H,26,29). The van der Waals surface area contributed by atoms with Crippen LogP contribution in [0.2, 0.25) is 10.0 Å². The predicted octanol–water partition coefficient (Wildman–Crippen LogP) is 3.74. The highest BCUT2D eigenvalue weighted by Gasteiger charge is 2.23. The van der Waals surface area contributed by atoms with Crippen molar-refractivity contribution < 1.29 is 14.4 Å². The highest BCUT2D eigenvalue weighted by Crippen LogP contribution is 2.24. The number of likely N-dealkylation sites (N-methyl/N-ethyl adjacent to an activating group) is 1. The number of amides is 3. The van der Waals surface area contributed by atoms with Gasteiger partial charge in [0.15, 0.2) is 0 Å². The van der Waals surface area contributed by atoms with Crippen LogP contribution in [0.3, 0.4) is 0 Å². The minimum Gasteiger partial charge on any atom is -0.376 e. The number of halogens is 2. The normalized spacial score (nSPS) is 13.1. The van der Waals surface area contributed by atoms with Crippen molar-refractivity contribution in [3.05, 3.63) is 58.1 Å². The molecule has 9 heteroatoms. The molecule has 3 rings (SSSR count). The first kappa shape index (κ1) is 22.9. The van der Waals surface area contributed by atoms with E-state index < -0.39 is 0 Å². The summed E-state index contributed by atoms with van der Waals surface area (Å²) in [7, 11) is 1.54. The molecule has 1 aliphatic rings. The van der Waals surface area contributed by atoms with E-state index in [9.17, 15) is 14.4 Å². The van der Waals surface area contributed by atoms with Gasteiger partial charge in [0, 0.05) is 30.8 Å². The number of para-hydroxylation sites is 1. The fourth-order valence-electron chi connectivity index (χ4n) is 3.30. The molecule has 2 N–H and O–H groups in total. The molecular formula is C22H24Cl2N4O3. The Morgan fingerprint density at radius 2 is 1.74 bits per heavy atom. The van der Waals surface area contributed by atoms with Gasteiger partial charge in [0.05, 0.1) is 29.4 Å². The number of anilines is 2. The van der Waals surface area contributed by atoms with Crippen molar-refractivity contribution in [1.29, 1.82) is 0 Å². The molecule has 0 bridgehead atoms. The molecule has 0 unspecified atom stereocenters. The summed E-state index contributed by atoms with van der Waals surface area (Å²) in [4.78, 5) is 40.6. The Morgan fingerprint density at radius 3 is 2.45 bits per heavy atom. The summed E-state index contributed by atoms with van der Waals surface area (Å²) < 4.78 is 0. The lowest BCUT2D eigenvalue weighted by Crippen LogP contribution is -2.38. The summed E-state index contributed by atoms with van der Waals surface area (Å²) in [5, 5.41) is 6.56. The van der Waals surface area contributed by atoms with Gasteiger partial charge in [-0.1, -0.05) is 35.3 Å². The Labute approximate surface area is 191 Å². The quantitative estimate of drug-likeness (QED) is 0.656. The van der Waals surface area contributed by atoms with Gasteiger partial charge in [0.2, 0.25) is 11.8 Å². The van der Waals surface area contributed by atoms with E-state index in [-0.39, 0.29) is 30.8 Å². The summed E-state index contributed by atoms with van der Waals surface area (Å²) in [6, 6.07) is 11.8. The fourth-order valence-corrected chi connectivity index (χ4v) is 3.65. The summed E-state index contributed by atoms with van der Waals surface area (Å²) in [5.74, 6) is -0.772. The molecular weight excluding hydrogens is 439 g/mol. The van der Waals surface area contributed by atoms with Gasteiger partial charge in [0.25, 0.3) is 5.91 Å². The van der Waals surface area contributed by atoms with Crippen molar-refractivity contribution in [2.24, 2.45) is 0 Å². The Kier molecular flexibility index (Phi) is 7.76. The highest BCUT2D eigenvalue weighted by molar-refractivity contribution is 6.33. The second kappa shape index (κ2) is 10.5. The Bertz CT molecular complexity index is 977. The Balaban J connectivity index is 1.58. The van der Waals surface area contributed by atoms with E-state index in [1.165, 1.54) is 11.9 Å². The number of carbonyl (C=O) groups excluding carboxylic acids is 3. The van der Waals surface area contributed by atoms with Crippen LogP contribution in [0.5, 0.6) is 0 Å². The van der Waals surface area contributed by atoms with Gasteiger partial charge in [-0.2, -0.15) is 0 Å². The number of hydrogen-bond acceptors (Lipinski definition) is 4. The molecule has 1 fully saturated rings. The molecule has 7 nitrogen and oxygen atoms in total. The van der Waals surface area contributed by atoms with E-state index in [0.29, 0.717) is 40.1 Å². The lowest BCUT2D eigenvalue weighted by molar-refractivity contribution is -0.131. The van der Waals surface area contributed by atoms with Gasteiger partial charge in [-0.05, 0) is 43.2 Å². The lowest BCUT2D eigenvalue weighted by Gasteiger charge is -2.20. The van der Waals surface area contributed by atoms with E-state index in [2.05, 4.69) is 10.6 Å². The number of hydrogen-bond donors (Lipinski definition) is 2. The van der Waals surface area contributed by atoms with Crippen molar-refractivity contribution in [3.8, 4) is 0 Å². The van der Waals surface area contributed by atoms with Crippen molar-refractivity contribution in [1.82, 2.24) is 9.80 Å². The van der Waals surface area contributed by atoms with Crippen LogP contribution in [0.4, 0.5) is 11.4 Å². The number of nitrogens with zero attached hydrogens (tertiary/aromatic N) is 2. The van der Waals surface area contributed by atoms with E-state index in [1.54, 1.807) is 47.4 Å². The predicted molar refractivity (Wildman–Crippen MR) is 123 cm³/mol. The molecule has 2 aromatic rings. The molecule has 0 radical (unpaired) electrons. The molecule has 164 valence electrons. The zero-order valence-corrected chi connectivity index (χ0v) is 18.7. The zero-order valence-electron chi connectivity index (χ0n) is 17.2. The first-order valence-corrected chi connectivity index (χ1v) is 10.7. The number of nitrogens with one attached hydrogen (secondary N) is 2. The maximum absolute atomic E-state index is 12.8. The van der Waals surface area contributed by atoms with Gasteiger partial charge in [-0.15, -0.1) is 0 Å². The molecule has 1 saturated heterocycles. The monoisotopic (exact) mass is 462 g/mol. The summed E-state index contributed by atoms with van der Waals surface area (Å²) in [5.41, 5.74) is 1.45. The third-order valence-corrected chi connectivity index (χ3v) is 5.55. The minimum absolute atomic E-state index is 0.0716. The third kappa shape index (κ3) is 6.12. The van der Waals surface area contributed by atoms with Crippen LogP contribution in [-0.2, 0) is 9.59 Å². The van der Waals surface area contributed by atoms with Crippen LogP contribution >= 0.6 is 23.2 Å². The maximum Gasteiger partial charge on any atom is 0.256 e. The molecule has 1 aliphatic heterocycles. The van der Waals surface area contributed by atoms with Crippen LogP contribution < -0.4 is 10.6 Å². The SMILES string of the molecule is CN(CC(=O)Nc1ccccc1Cl)C(=O)CNc1ccc(Cl)cc1C(=O)N1CCCC1. The highest BCUT2D eigenvalue weighted by atomic mass is 35.5. The topological polar surface area (TPSA) is 81.8 Å². The second-order valence-electron chi connectivity index (χ2n) is 7.32. The summed E-state index contributed by atoms with van der Waals surface area (Å²) in [6.45, 7) is 1.23. The molecule has 3 amide bonds. The van der Waals surface area contributed by atoms with Crippen LogP contribution in [0.1, 0.15) is 23.2 Å². The fraction of sp³-hybridized carbons (Fsp3) is 0.318. The molecule has 0 spiro atoms. The molecule has 31 heavy (non-hydrogen) atoms. The van der Waals surface area contributed by atoms with Gasteiger partial charge in [-0.25, -0.2) is 0 Å². The molecule has 0 aliphatic carbocycles. The van der Waals surface area contributed by atoms with Gasteiger partial charge >= 0.3 is 0 Å². The lowest BCUT2D eigenvalue weighted by atomic mass is 10.1. The second-order valence-corrected chi connectivity index (χ2v) is 8.16. The first-order valence-electron chi connectivity index (χ1n) is 9.96. The van der Waals surface area contributed by atoms with Crippen LogP contribution in [0, 0.1) is 0 Å². The minimum atomic E-state index is -0.361. The van der Waals surface area contributed by atoms with E-state index in [4.69, 9.17) is 23.2 Å². The molecule has 0 aromatic heterocycles. The maximum atomic E-state index is 12.8. The van der Waals surface area contributed by atoms with Gasteiger partial charge in [-0.3, -0.25) is 14.4 Å².